The summed E-state index contributed by atoms with van der Waals surface area (Å²) in [6.45, 7) is 6.89. The molecule has 1 fully saturated rings. The third-order valence-corrected chi connectivity index (χ3v) is 8.30. The fourth-order valence-corrected chi connectivity index (χ4v) is 6.31. The van der Waals surface area contributed by atoms with Gasteiger partial charge in [-0.1, -0.05) is 54.6 Å². The first-order valence-corrected chi connectivity index (χ1v) is 13.7. The SMILES string of the molecule is CN1C(=O)c2ccccc2[C@H](C(=O)NCCCN2CCN(Cc3ccccc3)CC2)[C@H]1c1cccs1. The highest BCUT2D eigenvalue weighted by Crippen LogP contribution is 2.43. The molecule has 0 saturated carbocycles. The molecule has 2 atom stereocenters. The number of likely N-dealkylation sites (N-methyl/N-ethyl adjacent to an activating group) is 1. The zero-order valence-electron chi connectivity index (χ0n) is 20.8. The minimum Gasteiger partial charge on any atom is -0.355 e. The van der Waals surface area contributed by atoms with Crippen molar-refractivity contribution >= 4 is 23.2 Å². The molecule has 0 unspecified atom stereocenters. The van der Waals surface area contributed by atoms with Crippen LogP contribution in [0.4, 0.5) is 0 Å². The first kappa shape index (κ1) is 24.7. The molecule has 0 radical (unpaired) electrons. The van der Waals surface area contributed by atoms with E-state index in [2.05, 4.69) is 45.4 Å². The fourth-order valence-electron chi connectivity index (χ4n) is 5.41. The smallest absolute Gasteiger partial charge is 0.254 e. The second-order valence-corrected chi connectivity index (χ2v) is 10.7. The van der Waals surface area contributed by atoms with Crippen molar-refractivity contribution in [3.05, 3.63) is 93.7 Å². The molecule has 36 heavy (non-hydrogen) atoms. The van der Waals surface area contributed by atoms with Crippen molar-refractivity contribution in [3.8, 4) is 0 Å². The lowest BCUT2D eigenvalue weighted by Gasteiger charge is -2.39. The summed E-state index contributed by atoms with van der Waals surface area (Å²) >= 11 is 1.59. The molecule has 2 amide bonds. The number of nitrogens with zero attached hydrogens (tertiary/aromatic N) is 3. The second kappa shape index (κ2) is 11.4. The summed E-state index contributed by atoms with van der Waals surface area (Å²) in [5, 5.41) is 5.19. The molecule has 1 N–H and O–H groups in total. The predicted molar refractivity (Wildman–Crippen MR) is 144 cm³/mol. The first-order chi connectivity index (χ1) is 17.6. The quantitative estimate of drug-likeness (QED) is 0.474. The molecule has 3 heterocycles. The van der Waals surface area contributed by atoms with Gasteiger partial charge in [-0.25, -0.2) is 0 Å². The van der Waals surface area contributed by atoms with Gasteiger partial charge in [-0.05, 0) is 41.6 Å². The van der Waals surface area contributed by atoms with Gasteiger partial charge in [0.05, 0.1) is 12.0 Å². The van der Waals surface area contributed by atoms with E-state index in [4.69, 9.17) is 0 Å². The summed E-state index contributed by atoms with van der Waals surface area (Å²) in [4.78, 5) is 34.3. The van der Waals surface area contributed by atoms with E-state index in [-0.39, 0.29) is 17.9 Å². The van der Waals surface area contributed by atoms with Crippen LogP contribution in [-0.4, -0.2) is 72.8 Å². The van der Waals surface area contributed by atoms with E-state index in [0.717, 1.165) is 56.1 Å². The molecule has 6 nitrogen and oxygen atoms in total. The van der Waals surface area contributed by atoms with Crippen molar-refractivity contribution in [1.29, 1.82) is 0 Å². The van der Waals surface area contributed by atoms with Crippen LogP contribution in [0, 0.1) is 0 Å². The second-order valence-electron chi connectivity index (χ2n) is 9.69. The molecule has 2 aliphatic heterocycles. The number of carbonyl (C=O) groups is 2. The van der Waals surface area contributed by atoms with Crippen LogP contribution in [0.3, 0.4) is 0 Å². The van der Waals surface area contributed by atoms with Crippen LogP contribution in [0.15, 0.2) is 72.1 Å². The Morgan fingerprint density at radius 1 is 0.944 bits per heavy atom. The Labute approximate surface area is 217 Å². The molecule has 7 heteroatoms. The molecule has 1 aromatic heterocycles. The molecule has 2 aliphatic rings. The lowest BCUT2D eigenvalue weighted by Crippen LogP contribution is -2.47. The van der Waals surface area contributed by atoms with Crippen molar-refractivity contribution in [2.75, 3.05) is 46.3 Å². The maximum absolute atomic E-state index is 13.5. The Bertz CT molecular complexity index is 1160. The van der Waals surface area contributed by atoms with Gasteiger partial charge in [0.25, 0.3) is 5.91 Å². The molecule has 188 valence electrons. The van der Waals surface area contributed by atoms with E-state index in [0.29, 0.717) is 12.1 Å². The molecule has 0 spiro atoms. The Morgan fingerprint density at radius 2 is 1.67 bits per heavy atom. The van der Waals surface area contributed by atoms with Crippen molar-refractivity contribution < 1.29 is 9.59 Å². The van der Waals surface area contributed by atoms with E-state index in [1.807, 2.05) is 41.8 Å². The molecule has 0 aliphatic carbocycles. The third kappa shape index (κ3) is 5.38. The number of thiophene rings is 1. The minimum atomic E-state index is -0.413. The number of benzene rings is 2. The van der Waals surface area contributed by atoms with Gasteiger partial charge < -0.3 is 15.1 Å². The zero-order valence-corrected chi connectivity index (χ0v) is 21.6. The highest BCUT2D eigenvalue weighted by molar-refractivity contribution is 7.10. The minimum absolute atomic E-state index is 0.00659. The van der Waals surface area contributed by atoms with Crippen LogP contribution < -0.4 is 5.32 Å². The topological polar surface area (TPSA) is 55.9 Å². The zero-order chi connectivity index (χ0) is 24.9. The lowest BCUT2D eigenvalue weighted by molar-refractivity contribution is -0.124. The Morgan fingerprint density at radius 3 is 2.42 bits per heavy atom. The number of hydrogen-bond acceptors (Lipinski definition) is 5. The highest BCUT2D eigenvalue weighted by atomic mass is 32.1. The van der Waals surface area contributed by atoms with Crippen molar-refractivity contribution in [3.63, 3.8) is 0 Å². The van der Waals surface area contributed by atoms with Gasteiger partial charge in [0.1, 0.15) is 0 Å². The molecule has 5 rings (SSSR count). The molecule has 2 aromatic carbocycles. The van der Waals surface area contributed by atoms with Crippen LogP contribution in [0.25, 0.3) is 0 Å². The van der Waals surface area contributed by atoms with Gasteiger partial charge in [0.15, 0.2) is 0 Å². The van der Waals surface area contributed by atoms with Crippen LogP contribution >= 0.6 is 11.3 Å². The average Bonchev–Trinajstić information content (AvgIpc) is 3.44. The van der Waals surface area contributed by atoms with Gasteiger partial charge in [-0.15, -0.1) is 11.3 Å². The van der Waals surface area contributed by atoms with E-state index in [1.165, 1.54) is 5.56 Å². The molecular weight excluding hydrogens is 468 g/mol. The summed E-state index contributed by atoms with van der Waals surface area (Å²) < 4.78 is 0. The van der Waals surface area contributed by atoms with Crippen molar-refractivity contribution in [1.82, 2.24) is 20.0 Å². The Kier molecular flexibility index (Phi) is 7.80. The molecule has 1 saturated heterocycles. The molecule has 0 bridgehead atoms. The van der Waals surface area contributed by atoms with E-state index in [1.54, 1.807) is 23.3 Å². The molecule has 3 aromatic rings. The number of fused-ring (bicyclic) bond motifs is 1. The van der Waals surface area contributed by atoms with Gasteiger partial charge in [-0.3, -0.25) is 14.5 Å². The van der Waals surface area contributed by atoms with Crippen LogP contribution in [0.1, 0.15) is 44.7 Å². The summed E-state index contributed by atoms with van der Waals surface area (Å²) in [7, 11) is 1.81. The maximum Gasteiger partial charge on any atom is 0.254 e. The summed E-state index contributed by atoms with van der Waals surface area (Å²) in [6.07, 6.45) is 0.914. The van der Waals surface area contributed by atoms with Gasteiger partial charge in [0.2, 0.25) is 5.91 Å². The van der Waals surface area contributed by atoms with E-state index >= 15 is 0 Å². The van der Waals surface area contributed by atoms with Crippen molar-refractivity contribution in [2.45, 2.75) is 24.9 Å². The number of hydrogen-bond donors (Lipinski definition) is 1. The van der Waals surface area contributed by atoms with Gasteiger partial charge >= 0.3 is 0 Å². The lowest BCUT2D eigenvalue weighted by atomic mass is 9.81. The number of amides is 2. The number of nitrogens with one attached hydrogen (secondary N) is 1. The van der Waals surface area contributed by atoms with Gasteiger partial charge in [-0.2, -0.15) is 0 Å². The van der Waals surface area contributed by atoms with E-state index < -0.39 is 5.92 Å². The Balaban J connectivity index is 1.15. The normalized spacial score (nSPS) is 20.8. The standard InChI is InChI=1S/C29H34N4O2S/c1-31-27(25-13-7-20-36-25)26(23-11-5-6-12-24(23)29(31)35)28(34)30-14-8-15-32-16-18-33(19-17-32)21-22-9-3-2-4-10-22/h2-7,9-13,20,26-27H,8,14-19,21H2,1H3,(H,30,34)/t26-,27+/m0/s1. The monoisotopic (exact) mass is 502 g/mol. The number of piperazine rings is 1. The van der Waals surface area contributed by atoms with E-state index in [9.17, 15) is 9.59 Å². The van der Waals surface area contributed by atoms with Crippen LogP contribution in [-0.2, 0) is 11.3 Å². The van der Waals surface area contributed by atoms with Gasteiger partial charge in [0, 0.05) is 56.8 Å². The van der Waals surface area contributed by atoms with Crippen LogP contribution in [0.2, 0.25) is 0 Å². The largest absolute Gasteiger partial charge is 0.355 e. The first-order valence-electron chi connectivity index (χ1n) is 12.8. The molecular formula is C29H34N4O2S. The summed E-state index contributed by atoms with van der Waals surface area (Å²) in [6, 6.07) is 21.9. The third-order valence-electron chi connectivity index (χ3n) is 7.36. The fraction of sp³-hybridized carbons (Fsp3) is 0.379. The Hall–Kier alpha value is -3.00. The van der Waals surface area contributed by atoms with Crippen molar-refractivity contribution in [2.24, 2.45) is 0 Å². The average molecular weight is 503 g/mol. The number of rotatable bonds is 8. The summed E-state index contributed by atoms with van der Waals surface area (Å²) in [5.41, 5.74) is 2.82. The predicted octanol–water partition coefficient (Wildman–Crippen LogP) is 3.98. The van der Waals surface area contributed by atoms with Crippen LogP contribution in [0.5, 0.6) is 0 Å². The highest BCUT2D eigenvalue weighted by Gasteiger charge is 2.42. The summed E-state index contributed by atoms with van der Waals surface area (Å²) in [5.74, 6) is -0.448. The number of carbonyl (C=O) groups excluding carboxylic acids is 2. The maximum atomic E-state index is 13.5.